The second-order valence-corrected chi connectivity index (χ2v) is 8.67. The summed E-state index contributed by atoms with van der Waals surface area (Å²) in [4.78, 5) is 14.2. The Balaban J connectivity index is 1.69. The van der Waals surface area contributed by atoms with Crippen LogP contribution in [0.5, 0.6) is 0 Å². The molecule has 2 rings (SSSR count). The number of thioether (sulfide) groups is 1. The first-order chi connectivity index (χ1) is 9.87. The van der Waals surface area contributed by atoms with Crippen molar-refractivity contribution in [1.29, 1.82) is 0 Å². The maximum absolute atomic E-state index is 12.2. The van der Waals surface area contributed by atoms with E-state index in [0.29, 0.717) is 12.1 Å². The van der Waals surface area contributed by atoms with Crippen LogP contribution < -0.4 is 5.32 Å². The Hall–Kier alpha value is -0.420. The number of ether oxygens (including phenoxy) is 1. The van der Waals surface area contributed by atoms with E-state index in [9.17, 15) is 4.79 Å². The molecule has 4 nitrogen and oxygen atoms in total. The lowest BCUT2D eigenvalue weighted by atomic mass is 10.1. The van der Waals surface area contributed by atoms with E-state index in [0.717, 1.165) is 37.6 Å². The molecule has 1 aliphatic heterocycles. The highest BCUT2D eigenvalue weighted by atomic mass is 32.2. The van der Waals surface area contributed by atoms with Gasteiger partial charge in [-0.25, -0.2) is 4.79 Å². The molecule has 5 heteroatoms. The summed E-state index contributed by atoms with van der Waals surface area (Å²) in [5, 5.41) is 4.35. The highest BCUT2D eigenvalue weighted by Crippen LogP contribution is 2.29. The van der Waals surface area contributed by atoms with Gasteiger partial charge in [0, 0.05) is 23.9 Å². The van der Waals surface area contributed by atoms with Crippen LogP contribution in [-0.4, -0.2) is 52.8 Å². The number of rotatable bonds is 6. The summed E-state index contributed by atoms with van der Waals surface area (Å²) >= 11 is 2.05. The number of carbonyl (C=O) groups excluding carboxylic acids is 1. The molecule has 122 valence electrons. The molecule has 1 amide bonds. The zero-order chi connectivity index (χ0) is 15.5. The summed E-state index contributed by atoms with van der Waals surface area (Å²) in [6.45, 7) is 9.87. The topological polar surface area (TPSA) is 41.6 Å². The van der Waals surface area contributed by atoms with Gasteiger partial charge in [0.2, 0.25) is 0 Å². The Morgan fingerprint density at radius 3 is 2.57 bits per heavy atom. The van der Waals surface area contributed by atoms with Gasteiger partial charge in [-0.2, -0.15) is 11.8 Å². The third kappa shape index (κ3) is 5.70. The maximum Gasteiger partial charge on any atom is 0.410 e. The predicted octanol–water partition coefficient (Wildman–Crippen LogP) is 3.26. The number of carbonyl (C=O) groups is 1. The van der Waals surface area contributed by atoms with Crippen molar-refractivity contribution in [2.24, 2.45) is 0 Å². The highest BCUT2D eigenvalue weighted by Gasteiger charge is 2.34. The molecular weight excluding hydrogens is 284 g/mol. The molecule has 21 heavy (non-hydrogen) atoms. The fourth-order valence-corrected chi connectivity index (χ4v) is 3.89. The van der Waals surface area contributed by atoms with E-state index in [4.69, 9.17) is 4.74 Å². The fraction of sp³-hybridized carbons (Fsp3) is 0.938. The molecule has 0 radical (unpaired) electrons. The van der Waals surface area contributed by atoms with Gasteiger partial charge in [0.15, 0.2) is 0 Å². The average molecular weight is 314 g/mol. The second-order valence-electron chi connectivity index (χ2n) is 7.18. The third-order valence-corrected chi connectivity index (χ3v) is 5.30. The summed E-state index contributed by atoms with van der Waals surface area (Å²) in [5.74, 6) is 1.27. The lowest BCUT2D eigenvalue weighted by Gasteiger charge is -2.27. The molecule has 0 aromatic heterocycles. The predicted molar refractivity (Wildman–Crippen MR) is 88.9 cm³/mol. The summed E-state index contributed by atoms with van der Waals surface area (Å²) in [7, 11) is 0. The van der Waals surface area contributed by atoms with Crippen molar-refractivity contribution in [3.8, 4) is 0 Å². The van der Waals surface area contributed by atoms with Gasteiger partial charge in [0.1, 0.15) is 5.60 Å². The first kappa shape index (κ1) is 16.9. The Labute approximate surface area is 133 Å². The number of hydrogen-bond donors (Lipinski definition) is 1. The smallest absolute Gasteiger partial charge is 0.410 e. The zero-order valence-corrected chi connectivity index (χ0v) is 14.7. The van der Waals surface area contributed by atoms with E-state index < -0.39 is 5.60 Å². The maximum atomic E-state index is 12.2. The number of nitrogens with zero attached hydrogens (tertiary/aromatic N) is 1. The van der Waals surface area contributed by atoms with Crippen molar-refractivity contribution in [2.75, 3.05) is 18.8 Å². The molecule has 2 aliphatic rings. The van der Waals surface area contributed by atoms with E-state index in [1.165, 1.54) is 12.2 Å². The van der Waals surface area contributed by atoms with E-state index in [1.54, 1.807) is 0 Å². The van der Waals surface area contributed by atoms with E-state index in [-0.39, 0.29) is 6.09 Å². The first-order valence-electron chi connectivity index (χ1n) is 8.21. The molecule has 2 unspecified atom stereocenters. The van der Waals surface area contributed by atoms with Gasteiger partial charge in [-0.05, 0) is 58.8 Å². The Kier molecular flexibility index (Phi) is 5.83. The van der Waals surface area contributed by atoms with Gasteiger partial charge in [0.05, 0.1) is 0 Å². The largest absolute Gasteiger partial charge is 0.444 e. The van der Waals surface area contributed by atoms with Crippen molar-refractivity contribution in [3.05, 3.63) is 0 Å². The van der Waals surface area contributed by atoms with Crippen LogP contribution in [-0.2, 0) is 4.74 Å². The summed E-state index contributed by atoms with van der Waals surface area (Å²) < 4.78 is 5.51. The lowest BCUT2D eigenvalue weighted by Crippen LogP contribution is -2.40. The van der Waals surface area contributed by atoms with Crippen LogP contribution in [0.2, 0.25) is 0 Å². The van der Waals surface area contributed by atoms with Crippen molar-refractivity contribution in [3.63, 3.8) is 0 Å². The molecule has 0 aromatic carbocycles. The molecule has 0 bridgehead atoms. The summed E-state index contributed by atoms with van der Waals surface area (Å²) in [6.07, 6.45) is 4.38. The van der Waals surface area contributed by atoms with Gasteiger partial charge in [-0.1, -0.05) is 6.92 Å². The monoisotopic (exact) mass is 314 g/mol. The van der Waals surface area contributed by atoms with E-state index in [1.807, 2.05) is 37.4 Å². The minimum atomic E-state index is -0.404. The number of hydrogen-bond acceptors (Lipinski definition) is 4. The molecule has 2 fully saturated rings. The Morgan fingerprint density at radius 1 is 1.33 bits per heavy atom. The number of nitrogens with one attached hydrogen (secondary N) is 1. The Morgan fingerprint density at radius 2 is 2.05 bits per heavy atom. The van der Waals surface area contributed by atoms with Crippen molar-refractivity contribution in [2.45, 2.75) is 76.3 Å². The van der Waals surface area contributed by atoms with Crippen LogP contribution in [0.4, 0.5) is 4.79 Å². The standard InChI is InChI=1S/C16H30N2O2S/c1-12-14(8-11-21-12)17-9-5-10-18(13-6-7-13)15(19)20-16(2,3)4/h12-14,17H,5-11H2,1-4H3. The van der Waals surface area contributed by atoms with Gasteiger partial charge >= 0.3 is 6.09 Å². The van der Waals surface area contributed by atoms with Crippen molar-refractivity contribution in [1.82, 2.24) is 10.2 Å². The minimum Gasteiger partial charge on any atom is -0.444 e. The van der Waals surface area contributed by atoms with Crippen molar-refractivity contribution >= 4 is 17.9 Å². The van der Waals surface area contributed by atoms with Crippen molar-refractivity contribution < 1.29 is 9.53 Å². The SMILES string of the molecule is CC1SCCC1NCCCN(C(=O)OC(C)(C)C)C1CC1. The zero-order valence-electron chi connectivity index (χ0n) is 13.9. The van der Waals surface area contributed by atoms with Crippen LogP contribution >= 0.6 is 11.8 Å². The lowest BCUT2D eigenvalue weighted by molar-refractivity contribution is 0.0231. The molecule has 1 saturated heterocycles. The molecule has 1 N–H and O–H groups in total. The van der Waals surface area contributed by atoms with Gasteiger partial charge in [0.25, 0.3) is 0 Å². The van der Waals surface area contributed by atoms with Gasteiger partial charge < -0.3 is 15.0 Å². The minimum absolute atomic E-state index is 0.144. The van der Waals surface area contributed by atoms with E-state index in [2.05, 4.69) is 12.2 Å². The average Bonchev–Trinajstić information content (AvgIpc) is 3.11. The van der Waals surface area contributed by atoms with Crippen LogP contribution in [0, 0.1) is 0 Å². The van der Waals surface area contributed by atoms with E-state index >= 15 is 0 Å². The summed E-state index contributed by atoms with van der Waals surface area (Å²) in [5.41, 5.74) is -0.404. The molecular formula is C16H30N2O2S. The van der Waals surface area contributed by atoms with Gasteiger partial charge in [-0.3, -0.25) is 0 Å². The fourth-order valence-electron chi connectivity index (χ4n) is 2.67. The van der Waals surface area contributed by atoms with Crippen LogP contribution in [0.25, 0.3) is 0 Å². The highest BCUT2D eigenvalue weighted by molar-refractivity contribution is 8.00. The molecule has 1 heterocycles. The normalized spacial score (nSPS) is 25.9. The molecule has 1 aliphatic carbocycles. The molecule has 0 aromatic rings. The Bertz CT molecular complexity index is 353. The first-order valence-corrected chi connectivity index (χ1v) is 9.26. The quantitative estimate of drug-likeness (QED) is 0.764. The molecule has 2 atom stereocenters. The van der Waals surface area contributed by atoms with Crippen LogP contribution in [0.3, 0.4) is 0 Å². The van der Waals surface area contributed by atoms with Crippen LogP contribution in [0.1, 0.15) is 53.4 Å². The third-order valence-electron chi connectivity index (χ3n) is 3.97. The molecule has 1 saturated carbocycles. The van der Waals surface area contributed by atoms with Crippen LogP contribution in [0.15, 0.2) is 0 Å². The molecule has 0 spiro atoms. The summed E-state index contributed by atoms with van der Waals surface area (Å²) in [6, 6.07) is 1.06. The number of amides is 1. The van der Waals surface area contributed by atoms with Gasteiger partial charge in [-0.15, -0.1) is 0 Å². The second kappa shape index (κ2) is 7.23.